The summed E-state index contributed by atoms with van der Waals surface area (Å²) in [4.78, 5) is 40.4. The number of aryl methyl sites for hydroxylation is 1. The van der Waals surface area contributed by atoms with Crippen LogP contribution >= 0.6 is 0 Å². The molecule has 0 bridgehead atoms. The van der Waals surface area contributed by atoms with Gasteiger partial charge in [0.15, 0.2) is 0 Å². The lowest BCUT2D eigenvalue weighted by molar-refractivity contribution is -0.137. The number of fused-ring (bicyclic) bond motifs is 1. The first-order valence-electron chi connectivity index (χ1n) is 13.7. The van der Waals surface area contributed by atoms with E-state index in [9.17, 15) is 22.8 Å². The topological polar surface area (TPSA) is 112 Å². The van der Waals surface area contributed by atoms with Crippen molar-refractivity contribution in [1.29, 1.82) is 0 Å². The number of aromatic nitrogens is 3. The summed E-state index contributed by atoms with van der Waals surface area (Å²) in [5, 5.41) is 8.65. The lowest BCUT2D eigenvalue weighted by Gasteiger charge is -2.31. The average Bonchev–Trinajstić information content (AvgIpc) is 2.97. The third-order valence-electron chi connectivity index (χ3n) is 6.87. The SMILES string of the molecule is Cc1ccc(NC(=O)c2cccc(C(F)(F)F)c2)cc1N1CCc2nc(Nc3ccc(C(=O)NC(C)C)nc3)ncc2C1. The average molecular weight is 590 g/mol. The van der Waals surface area contributed by atoms with Crippen LogP contribution in [0.5, 0.6) is 0 Å². The number of nitrogens with one attached hydrogen (secondary N) is 3. The maximum absolute atomic E-state index is 13.1. The van der Waals surface area contributed by atoms with Crippen LogP contribution < -0.4 is 20.9 Å². The number of halogens is 3. The van der Waals surface area contributed by atoms with Gasteiger partial charge >= 0.3 is 6.18 Å². The Morgan fingerprint density at radius 2 is 1.74 bits per heavy atom. The molecule has 2 aromatic heterocycles. The molecule has 9 nitrogen and oxygen atoms in total. The van der Waals surface area contributed by atoms with Crippen molar-refractivity contribution in [3.8, 4) is 0 Å². The highest BCUT2D eigenvalue weighted by Gasteiger charge is 2.31. The molecule has 1 aliphatic heterocycles. The van der Waals surface area contributed by atoms with E-state index in [1.807, 2.05) is 32.9 Å². The van der Waals surface area contributed by atoms with Gasteiger partial charge in [0.2, 0.25) is 5.95 Å². The number of benzene rings is 2. The van der Waals surface area contributed by atoms with E-state index in [-0.39, 0.29) is 17.5 Å². The molecule has 0 radical (unpaired) electrons. The summed E-state index contributed by atoms with van der Waals surface area (Å²) < 4.78 is 39.3. The van der Waals surface area contributed by atoms with Gasteiger partial charge in [-0.3, -0.25) is 9.59 Å². The Morgan fingerprint density at radius 1 is 0.953 bits per heavy atom. The van der Waals surface area contributed by atoms with Crippen molar-refractivity contribution in [2.24, 2.45) is 0 Å². The predicted octanol–water partition coefficient (Wildman–Crippen LogP) is 5.90. The van der Waals surface area contributed by atoms with Gasteiger partial charge < -0.3 is 20.9 Å². The third kappa shape index (κ3) is 7.08. The van der Waals surface area contributed by atoms with Crippen molar-refractivity contribution >= 4 is 34.8 Å². The van der Waals surface area contributed by atoms with Gasteiger partial charge in [0.05, 0.1) is 23.1 Å². The molecule has 0 spiro atoms. The van der Waals surface area contributed by atoms with Crippen LogP contribution in [0.1, 0.15) is 57.1 Å². The number of hydrogen-bond donors (Lipinski definition) is 3. The van der Waals surface area contributed by atoms with E-state index in [1.165, 1.54) is 12.1 Å². The maximum Gasteiger partial charge on any atom is 0.416 e. The second-order valence-corrected chi connectivity index (χ2v) is 10.6. The molecule has 0 saturated heterocycles. The van der Waals surface area contributed by atoms with Crippen molar-refractivity contribution in [3.05, 3.63) is 101 Å². The number of carbonyl (C=O) groups excluding carboxylic acids is 2. The number of amides is 2. The smallest absolute Gasteiger partial charge is 0.366 e. The van der Waals surface area contributed by atoms with Gasteiger partial charge in [-0.1, -0.05) is 12.1 Å². The van der Waals surface area contributed by atoms with Crippen LogP contribution in [0.2, 0.25) is 0 Å². The van der Waals surface area contributed by atoms with Crippen LogP contribution in [-0.2, 0) is 19.1 Å². The number of anilines is 4. The van der Waals surface area contributed by atoms with Crippen LogP contribution in [0.25, 0.3) is 0 Å². The third-order valence-corrected chi connectivity index (χ3v) is 6.87. The Bertz CT molecular complexity index is 1660. The molecule has 43 heavy (non-hydrogen) atoms. The number of alkyl halides is 3. The second-order valence-electron chi connectivity index (χ2n) is 10.6. The summed E-state index contributed by atoms with van der Waals surface area (Å²) in [5.74, 6) is -0.444. The molecule has 3 heterocycles. The molecule has 5 rings (SSSR count). The largest absolute Gasteiger partial charge is 0.416 e. The Morgan fingerprint density at radius 3 is 2.47 bits per heavy atom. The minimum Gasteiger partial charge on any atom is -0.366 e. The Kier molecular flexibility index (Phi) is 8.29. The van der Waals surface area contributed by atoms with Crippen molar-refractivity contribution < 1.29 is 22.8 Å². The van der Waals surface area contributed by atoms with E-state index in [0.717, 1.165) is 34.6 Å². The molecule has 12 heteroatoms. The van der Waals surface area contributed by atoms with Crippen LogP contribution in [0.15, 0.2) is 67.0 Å². The molecular weight excluding hydrogens is 559 g/mol. The number of pyridine rings is 1. The molecule has 0 aliphatic carbocycles. The van der Waals surface area contributed by atoms with Crippen LogP contribution in [0, 0.1) is 6.92 Å². The van der Waals surface area contributed by atoms with E-state index >= 15 is 0 Å². The highest BCUT2D eigenvalue weighted by atomic mass is 19.4. The Balaban J connectivity index is 1.25. The first-order valence-corrected chi connectivity index (χ1v) is 13.7. The monoisotopic (exact) mass is 589 g/mol. The van der Waals surface area contributed by atoms with Gasteiger partial charge in [-0.25, -0.2) is 15.0 Å². The van der Waals surface area contributed by atoms with Gasteiger partial charge in [-0.15, -0.1) is 0 Å². The Hall–Kier alpha value is -5.00. The fourth-order valence-electron chi connectivity index (χ4n) is 4.72. The van der Waals surface area contributed by atoms with E-state index in [1.54, 1.807) is 30.6 Å². The van der Waals surface area contributed by atoms with Crippen molar-refractivity contribution in [1.82, 2.24) is 20.3 Å². The van der Waals surface area contributed by atoms with Crippen molar-refractivity contribution in [2.45, 2.75) is 46.0 Å². The molecule has 4 aromatic rings. The molecule has 2 amide bonds. The van der Waals surface area contributed by atoms with Gasteiger partial charge in [0.25, 0.3) is 11.8 Å². The summed E-state index contributed by atoms with van der Waals surface area (Å²) in [6, 6.07) is 13.1. The lowest BCUT2D eigenvalue weighted by atomic mass is 10.0. The van der Waals surface area contributed by atoms with E-state index < -0.39 is 17.6 Å². The molecule has 222 valence electrons. The first kappa shape index (κ1) is 29.5. The zero-order chi connectivity index (χ0) is 30.7. The van der Waals surface area contributed by atoms with E-state index in [4.69, 9.17) is 0 Å². The molecule has 0 saturated carbocycles. The number of carbonyl (C=O) groups is 2. The van der Waals surface area contributed by atoms with Crippen molar-refractivity contribution in [2.75, 3.05) is 22.1 Å². The highest BCUT2D eigenvalue weighted by Crippen LogP contribution is 2.31. The Labute approximate surface area is 246 Å². The summed E-state index contributed by atoms with van der Waals surface area (Å²) in [6.07, 6.45) is -0.558. The van der Waals surface area contributed by atoms with Crippen LogP contribution in [0.4, 0.5) is 36.2 Å². The normalized spacial score (nSPS) is 13.0. The van der Waals surface area contributed by atoms with Crippen molar-refractivity contribution in [3.63, 3.8) is 0 Å². The quantitative estimate of drug-likeness (QED) is 0.246. The molecule has 0 atom stereocenters. The van der Waals surface area contributed by atoms with E-state index in [2.05, 4.69) is 35.8 Å². The minimum absolute atomic E-state index is 0.0127. The lowest BCUT2D eigenvalue weighted by Crippen LogP contribution is -2.32. The summed E-state index contributed by atoms with van der Waals surface area (Å²) >= 11 is 0. The molecular formula is C31H30F3N7O2. The van der Waals surface area contributed by atoms with Gasteiger partial charge in [-0.05, 0) is 68.8 Å². The standard InChI is InChI=1S/C31H30F3N7O2/c1-18(2)37-29(43)26-10-9-24(16-35-26)39-30-36-15-21-17-41(12-11-25(21)40-30)27-14-23(8-7-19(27)3)38-28(42)20-5-4-6-22(13-20)31(32,33)34/h4-10,13-16,18H,11-12,17H2,1-3H3,(H,37,43)(H,38,42)(H,36,39,40). The molecule has 3 N–H and O–H groups in total. The summed E-state index contributed by atoms with van der Waals surface area (Å²) in [7, 11) is 0. The van der Waals surface area contributed by atoms with Crippen LogP contribution in [0.3, 0.4) is 0 Å². The highest BCUT2D eigenvalue weighted by molar-refractivity contribution is 6.04. The second kappa shape index (κ2) is 12.1. The molecule has 2 aromatic carbocycles. The van der Waals surface area contributed by atoms with E-state index in [0.29, 0.717) is 42.5 Å². The fourth-order valence-corrected chi connectivity index (χ4v) is 4.72. The fraction of sp³-hybridized carbons (Fsp3) is 0.258. The zero-order valence-electron chi connectivity index (χ0n) is 23.8. The van der Waals surface area contributed by atoms with Crippen LogP contribution in [-0.4, -0.2) is 39.4 Å². The zero-order valence-corrected chi connectivity index (χ0v) is 23.8. The predicted molar refractivity (Wildman–Crippen MR) is 157 cm³/mol. The van der Waals surface area contributed by atoms with Gasteiger partial charge in [0.1, 0.15) is 5.69 Å². The number of rotatable bonds is 7. The molecule has 0 fully saturated rings. The number of nitrogens with zero attached hydrogens (tertiary/aromatic N) is 4. The summed E-state index contributed by atoms with van der Waals surface area (Å²) in [5.41, 5.74) is 4.23. The van der Waals surface area contributed by atoms with Gasteiger partial charge in [-0.2, -0.15) is 13.2 Å². The maximum atomic E-state index is 13.1. The molecule has 1 aliphatic rings. The number of hydrogen-bond acceptors (Lipinski definition) is 7. The molecule has 0 unspecified atom stereocenters. The first-order chi connectivity index (χ1) is 20.5. The minimum atomic E-state index is -4.53. The van der Waals surface area contributed by atoms with Gasteiger partial charge in [0, 0.05) is 54.3 Å². The summed E-state index contributed by atoms with van der Waals surface area (Å²) in [6.45, 7) is 6.93.